The quantitative estimate of drug-likeness (QED) is 0.670. The zero-order valence-corrected chi connectivity index (χ0v) is 15.1. The summed E-state index contributed by atoms with van der Waals surface area (Å²) in [5.41, 5.74) is 4.44. The molecule has 5 heteroatoms. The van der Waals surface area contributed by atoms with Gasteiger partial charge in [0.05, 0.1) is 11.0 Å². The molecule has 1 atom stereocenters. The number of nitrogens with zero attached hydrogens (tertiary/aromatic N) is 2. The van der Waals surface area contributed by atoms with Gasteiger partial charge < -0.3 is 15.2 Å². The van der Waals surface area contributed by atoms with E-state index in [1.165, 1.54) is 5.56 Å². The molecule has 1 saturated heterocycles. The highest BCUT2D eigenvalue weighted by Gasteiger charge is 2.25. The van der Waals surface area contributed by atoms with Gasteiger partial charge in [0.2, 0.25) is 0 Å². The van der Waals surface area contributed by atoms with Gasteiger partial charge in [-0.15, -0.1) is 0 Å². The van der Waals surface area contributed by atoms with E-state index in [2.05, 4.69) is 58.5 Å². The van der Waals surface area contributed by atoms with Crippen LogP contribution < -0.4 is 5.32 Å². The Kier molecular flexibility index (Phi) is 4.40. The Bertz CT molecular complexity index is 851. The number of piperidine rings is 1. The van der Waals surface area contributed by atoms with Crippen LogP contribution in [-0.4, -0.2) is 33.1 Å². The van der Waals surface area contributed by atoms with Crippen LogP contribution >= 0.6 is 12.2 Å². The van der Waals surface area contributed by atoms with Crippen molar-refractivity contribution < 1.29 is 0 Å². The minimum absolute atomic E-state index is 0.388. The van der Waals surface area contributed by atoms with E-state index in [1.807, 2.05) is 12.1 Å². The maximum Gasteiger partial charge on any atom is 0.173 e. The molecule has 2 aromatic carbocycles. The van der Waals surface area contributed by atoms with Crippen molar-refractivity contribution in [3.63, 3.8) is 0 Å². The molecule has 0 bridgehead atoms. The van der Waals surface area contributed by atoms with Crippen LogP contribution in [0.25, 0.3) is 11.0 Å². The summed E-state index contributed by atoms with van der Waals surface area (Å²) in [5.74, 6) is 1.46. The third kappa shape index (κ3) is 3.51. The number of H-pyrrole nitrogens is 1. The second-order valence-corrected chi connectivity index (χ2v) is 7.11. The van der Waals surface area contributed by atoms with Crippen molar-refractivity contribution in [1.82, 2.24) is 14.9 Å². The smallest absolute Gasteiger partial charge is 0.173 e. The number of aryl methyl sites for hydroxylation is 1. The van der Waals surface area contributed by atoms with Gasteiger partial charge in [0.1, 0.15) is 5.82 Å². The Morgan fingerprint density at radius 1 is 1.20 bits per heavy atom. The number of hydrogen-bond acceptors (Lipinski definition) is 2. The van der Waals surface area contributed by atoms with Gasteiger partial charge >= 0.3 is 0 Å². The molecule has 0 spiro atoms. The van der Waals surface area contributed by atoms with E-state index in [-0.39, 0.29) is 0 Å². The number of para-hydroxylation sites is 2. The minimum Gasteiger partial charge on any atom is -0.348 e. The van der Waals surface area contributed by atoms with Gasteiger partial charge in [-0.05, 0) is 56.2 Å². The number of benzene rings is 2. The highest BCUT2D eigenvalue weighted by Crippen LogP contribution is 2.27. The highest BCUT2D eigenvalue weighted by atomic mass is 32.1. The summed E-state index contributed by atoms with van der Waals surface area (Å²) in [4.78, 5) is 10.5. The van der Waals surface area contributed by atoms with E-state index < -0.39 is 0 Å². The number of hydrogen-bond donors (Lipinski definition) is 2. The molecule has 2 N–H and O–H groups in total. The molecule has 0 unspecified atom stereocenters. The van der Waals surface area contributed by atoms with Crippen molar-refractivity contribution in [1.29, 1.82) is 0 Å². The monoisotopic (exact) mass is 350 g/mol. The number of likely N-dealkylation sites (tertiary alicyclic amines) is 1. The van der Waals surface area contributed by atoms with Crippen LogP contribution in [0, 0.1) is 6.92 Å². The third-order valence-corrected chi connectivity index (χ3v) is 5.17. The molecule has 1 aromatic heterocycles. The van der Waals surface area contributed by atoms with Crippen LogP contribution in [0.2, 0.25) is 0 Å². The lowest BCUT2D eigenvalue weighted by Crippen LogP contribution is -2.41. The lowest BCUT2D eigenvalue weighted by molar-refractivity contribution is 0.307. The molecule has 25 heavy (non-hydrogen) atoms. The summed E-state index contributed by atoms with van der Waals surface area (Å²) >= 11 is 5.64. The van der Waals surface area contributed by atoms with Crippen LogP contribution in [0.15, 0.2) is 48.5 Å². The Morgan fingerprint density at radius 3 is 2.80 bits per heavy atom. The molecule has 1 aliphatic rings. The summed E-state index contributed by atoms with van der Waals surface area (Å²) in [7, 11) is 0. The van der Waals surface area contributed by atoms with Crippen LogP contribution in [-0.2, 0) is 0 Å². The van der Waals surface area contributed by atoms with Crippen molar-refractivity contribution in [2.45, 2.75) is 25.7 Å². The fourth-order valence-corrected chi connectivity index (χ4v) is 3.67. The highest BCUT2D eigenvalue weighted by molar-refractivity contribution is 7.80. The van der Waals surface area contributed by atoms with Gasteiger partial charge in [-0.3, -0.25) is 0 Å². The zero-order valence-electron chi connectivity index (χ0n) is 14.3. The van der Waals surface area contributed by atoms with Gasteiger partial charge in [-0.2, -0.15) is 0 Å². The predicted octanol–water partition coefficient (Wildman–Crippen LogP) is 4.45. The van der Waals surface area contributed by atoms with Crippen molar-refractivity contribution in [3.8, 4) is 0 Å². The van der Waals surface area contributed by atoms with E-state index in [4.69, 9.17) is 17.2 Å². The first-order chi connectivity index (χ1) is 12.2. The standard InChI is InChI=1S/C20H22N4S/c1-14-8-10-16(11-9-14)21-20(25)24-12-4-5-15(13-24)19-22-17-6-2-3-7-18(17)23-19/h2-3,6-11,15H,4-5,12-13H2,1H3,(H,21,25)(H,22,23)/t15-/m1/s1. The second kappa shape index (κ2) is 6.84. The lowest BCUT2D eigenvalue weighted by atomic mass is 9.98. The number of aromatic amines is 1. The molecule has 128 valence electrons. The van der Waals surface area contributed by atoms with Crippen LogP contribution in [0.1, 0.15) is 30.1 Å². The molecular weight excluding hydrogens is 328 g/mol. The maximum absolute atomic E-state index is 5.64. The number of thiocarbonyl (C=S) groups is 1. The number of rotatable bonds is 2. The Morgan fingerprint density at radius 2 is 2.00 bits per heavy atom. The van der Waals surface area contributed by atoms with Gasteiger partial charge in [0.15, 0.2) is 5.11 Å². The van der Waals surface area contributed by atoms with Gasteiger partial charge in [-0.25, -0.2) is 4.98 Å². The normalized spacial score (nSPS) is 17.6. The first kappa shape index (κ1) is 16.1. The molecule has 0 radical (unpaired) electrons. The van der Waals surface area contributed by atoms with Gasteiger partial charge in [0, 0.05) is 24.7 Å². The SMILES string of the molecule is Cc1ccc(NC(=S)N2CCC[C@@H](c3nc4ccccc4[nH]3)C2)cc1. The minimum atomic E-state index is 0.388. The molecule has 0 amide bonds. The van der Waals surface area contributed by atoms with Crippen molar-refractivity contribution in [2.75, 3.05) is 18.4 Å². The van der Waals surface area contributed by atoms with E-state index >= 15 is 0 Å². The zero-order chi connectivity index (χ0) is 17.2. The maximum atomic E-state index is 5.64. The predicted molar refractivity (Wildman–Crippen MR) is 107 cm³/mol. The number of fused-ring (bicyclic) bond motifs is 1. The summed E-state index contributed by atoms with van der Waals surface area (Å²) in [6.07, 6.45) is 2.26. The van der Waals surface area contributed by atoms with Gasteiger partial charge in [-0.1, -0.05) is 29.8 Å². The first-order valence-corrected chi connectivity index (χ1v) is 9.17. The summed E-state index contributed by atoms with van der Waals surface area (Å²) < 4.78 is 0. The van der Waals surface area contributed by atoms with E-state index in [0.29, 0.717) is 5.92 Å². The number of nitrogens with one attached hydrogen (secondary N) is 2. The summed E-state index contributed by atoms with van der Waals surface area (Å²) in [6.45, 7) is 3.98. The van der Waals surface area contributed by atoms with E-state index in [0.717, 1.165) is 53.6 Å². The molecule has 4 rings (SSSR count). The van der Waals surface area contributed by atoms with Crippen LogP contribution in [0.4, 0.5) is 5.69 Å². The van der Waals surface area contributed by atoms with Crippen LogP contribution in [0.3, 0.4) is 0 Å². The molecular formula is C20H22N4S. The topological polar surface area (TPSA) is 44.0 Å². The first-order valence-electron chi connectivity index (χ1n) is 8.76. The fraction of sp³-hybridized carbons (Fsp3) is 0.300. The molecule has 1 aliphatic heterocycles. The molecule has 3 aromatic rings. The van der Waals surface area contributed by atoms with Crippen molar-refractivity contribution in [2.24, 2.45) is 0 Å². The second-order valence-electron chi connectivity index (χ2n) is 6.72. The van der Waals surface area contributed by atoms with Gasteiger partial charge in [0.25, 0.3) is 0 Å². The molecule has 2 heterocycles. The van der Waals surface area contributed by atoms with E-state index in [1.54, 1.807) is 0 Å². The van der Waals surface area contributed by atoms with E-state index in [9.17, 15) is 0 Å². The largest absolute Gasteiger partial charge is 0.348 e. The summed E-state index contributed by atoms with van der Waals surface area (Å²) in [5, 5.41) is 4.16. The molecule has 0 saturated carbocycles. The Balaban J connectivity index is 1.46. The number of aromatic nitrogens is 2. The van der Waals surface area contributed by atoms with Crippen molar-refractivity contribution in [3.05, 3.63) is 59.9 Å². The Labute approximate surface area is 153 Å². The number of anilines is 1. The fourth-order valence-electron chi connectivity index (χ4n) is 3.39. The average molecular weight is 350 g/mol. The lowest BCUT2D eigenvalue weighted by Gasteiger charge is -2.33. The molecule has 0 aliphatic carbocycles. The molecule has 1 fully saturated rings. The van der Waals surface area contributed by atoms with Crippen LogP contribution in [0.5, 0.6) is 0 Å². The third-order valence-electron chi connectivity index (χ3n) is 4.81. The Hall–Kier alpha value is -2.40. The molecule has 4 nitrogen and oxygen atoms in total. The number of imidazole rings is 1. The van der Waals surface area contributed by atoms with Crippen molar-refractivity contribution >= 4 is 34.1 Å². The average Bonchev–Trinajstić information content (AvgIpc) is 3.08. The summed E-state index contributed by atoms with van der Waals surface area (Å²) in [6, 6.07) is 16.5.